The van der Waals surface area contributed by atoms with E-state index in [0.717, 1.165) is 24.9 Å². The molecule has 5 rings (SSSR count). The lowest BCUT2D eigenvalue weighted by molar-refractivity contribution is -0.122. The molecule has 2 aliphatic rings. The molecule has 1 saturated carbocycles. The number of likely N-dealkylation sites (tertiary alicyclic amines) is 1. The third kappa shape index (κ3) is 5.11. The molecule has 0 unspecified atom stereocenters. The smallest absolute Gasteiger partial charge is 0.262 e. The van der Waals surface area contributed by atoms with E-state index in [1.165, 1.54) is 4.57 Å². The van der Waals surface area contributed by atoms with Gasteiger partial charge in [-0.3, -0.25) is 19.1 Å². The van der Waals surface area contributed by atoms with E-state index < -0.39 is 6.17 Å². The van der Waals surface area contributed by atoms with Crippen molar-refractivity contribution in [3.05, 3.63) is 63.4 Å². The maximum Gasteiger partial charge on any atom is 0.262 e. The Labute approximate surface area is 209 Å². The van der Waals surface area contributed by atoms with Crippen LogP contribution in [0.5, 0.6) is 0 Å². The minimum atomic E-state index is -0.666. The molecule has 8 heteroatoms. The van der Waals surface area contributed by atoms with Gasteiger partial charge in [0, 0.05) is 36.3 Å². The molecule has 0 bridgehead atoms. The second-order valence-electron chi connectivity index (χ2n) is 10.2. The first-order valence-corrected chi connectivity index (χ1v) is 12.6. The Balaban J connectivity index is 1.46. The first kappa shape index (κ1) is 23.9. The zero-order valence-corrected chi connectivity index (χ0v) is 20.8. The second-order valence-corrected chi connectivity index (χ2v) is 10.6. The van der Waals surface area contributed by atoms with Crippen molar-refractivity contribution in [3.63, 3.8) is 0 Å². The SMILES string of the molecule is CC(C)NC(=O)Cn1c(-c2cccc(Cl)c2)nc2ccc([C@H]3C[C@@H](CN4CC(F)C4)C3)cc2c1=O. The Morgan fingerprint density at radius 1 is 1.20 bits per heavy atom. The number of hydrogen-bond acceptors (Lipinski definition) is 4. The van der Waals surface area contributed by atoms with E-state index in [2.05, 4.69) is 16.3 Å². The van der Waals surface area contributed by atoms with Crippen LogP contribution in [0.1, 0.15) is 38.2 Å². The van der Waals surface area contributed by atoms with E-state index >= 15 is 0 Å². The average molecular weight is 497 g/mol. The summed E-state index contributed by atoms with van der Waals surface area (Å²) in [6, 6.07) is 13.0. The highest BCUT2D eigenvalue weighted by Gasteiger charge is 2.35. The normalized spacial score (nSPS) is 20.6. The van der Waals surface area contributed by atoms with Gasteiger partial charge >= 0.3 is 0 Å². The van der Waals surface area contributed by atoms with Crippen LogP contribution in [0.3, 0.4) is 0 Å². The number of halogens is 2. The lowest BCUT2D eigenvalue weighted by Crippen LogP contribution is -2.51. The summed E-state index contributed by atoms with van der Waals surface area (Å²) in [6.45, 7) is 5.71. The highest BCUT2D eigenvalue weighted by molar-refractivity contribution is 6.30. The van der Waals surface area contributed by atoms with Gasteiger partial charge in [-0.05, 0) is 68.4 Å². The Morgan fingerprint density at radius 3 is 2.66 bits per heavy atom. The van der Waals surface area contributed by atoms with Crippen LogP contribution in [0.4, 0.5) is 4.39 Å². The summed E-state index contributed by atoms with van der Waals surface area (Å²) in [5, 5.41) is 3.90. The molecule has 1 aromatic heterocycles. The van der Waals surface area contributed by atoms with Gasteiger partial charge in [-0.15, -0.1) is 0 Å². The van der Waals surface area contributed by atoms with Gasteiger partial charge in [-0.25, -0.2) is 9.37 Å². The highest BCUT2D eigenvalue weighted by atomic mass is 35.5. The number of rotatable bonds is 7. The number of carbonyl (C=O) groups is 1. The van der Waals surface area contributed by atoms with Gasteiger partial charge in [-0.2, -0.15) is 0 Å². The standard InChI is InChI=1S/C27H30ClFN4O2/c1-16(2)30-25(34)15-33-26(19-4-3-5-21(28)10-19)31-24-7-6-18(11-23(24)27(33)35)20-8-17(9-20)12-32-13-22(29)14-32/h3-7,10-11,16-17,20,22H,8-9,12-15H2,1-2H3,(H,30,34)/t17-,20+. The molecule has 35 heavy (non-hydrogen) atoms. The summed E-state index contributed by atoms with van der Waals surface area (Å²) in [5.41, 5.74) is 2.16. The van der Waals surface area contributed by atoms with Gasteiger partial charge in [0.25, 0.3) is 5.56 Å². The third-order valence-corrected chi connectivity index (χ3v) is 7.18. The van der Waals surface area contributed by atoms with E-state index in [1.807, 2.05) is 32.0 Å². The van der Waals surface area contributed by atoms with Crippen LogP contribution < -0.4 is 10.9 Å². The fraction of sp³-hybridized carbons (Fsp3) is 0.444. The molecule has 0 radical (unpaired) electrons. The number of aromatic nitrogens is 2. The van der Waals surface area contributed by atoms with Crippen LogP contribution in [-0.4, -0.2) is 52.2 Å². The Bertz CT molecular complexity index is 1310. The van der Waals surface area contributed by atoms with Crippen molar-refractivity contribution in [1.29, 1.82) is 0 Å². The van der Waals surface area contributed by atoms with Crippen LogP contribution in [0.25, 0.3) is 22.3 Å². The molecule has 6 nitrogen and oxygen atoms in total. The average Bonchev–Trinajstić information content (AvgIpc) is 2.75. The van der Waals surface area contributed by atoms with Crippen LogP contribution in [0, 0.1) is 5.92 Å². The van der Waals surface area contributed by atoms with E-state index in [1.54, 1.807) is 18.2 Å². The van der Waals surface area contributed by atoms with Gasteiger partial charge in [0.1, 0.15) is 18.5 Å². The lowest BCUT2D eigenvalue weighted by atomic mass is 9.71. The van der Waals surface area contributed by atoms with Gasteiger partial charge in [0.05, 0.1) is 10.9 Å². The van der Waals surface area contributed by atoms with Crippen LogP contribution in [0.15, 0.2) is 47.3 Å². The van der Waals surface area contributed by atoms with Crippen molar-refractivity contribution in [2.75, 3.05) is 19.6 Å². The Hall–Kier alpha value is -2.77. The maximum atomic E-state index is 13.7. The number of benzene rings is 2. The first-order chi connectivity index (χ1) is 16.8. The zero-order valence-electron chi connectivity index (χ0n) is 20.0. The molecule has 2 aromatic carbocycles. The molecule has 0 spiro atoms. The van der Waals surface area contributed by atoms with E-state index in [-0.39, 0.29) is 24.1 Å². The minimum absolute atomic E-state index is 0.0357. The molecule has 184 valence electrons. The Morgan fingerprint density at radius 2 is 1.97 bits per heavy atom. The predicted molar refractivity (Wildman–Crippen MR) is 137 cm³/mol. The summed E-state index contributed by atoms with van der Waals surface area (Å²) in [6.07, 6.45) is 1.41. The number of hydrogen-bond donors (Lipinski definition) is 1. The topological polar surface area (TPSA) is 67.2 Å². The quantitative estimate of drug-likeness (QED) is 0.527. The molecule has 1 saturated heterocycles. The molecule has 2 fully saturated rings. The van der Waals surface area contributed by atoms with Crippen molar-refractivity contribution in [2.24, 2.45) is 5.92 Å². The molecular weight excluding hydrogens is 467 g/mol. The number of nitrogens with zero attached hydrogens (tertiary/aromatic N) is 3. The number of alkyl halides is 1. The zero-order chi connectivity index (χ0) is 24.7. The molecule has 1 aliphatic carbocycles. The monoisotopic (exact) mass is 496 g/mol. The van der Waals surface area contributed by atoms with Crippen molar-refractivity contribution in [3.8, 4) is 11.4 Å². The predicted octanol–water partition coefficient (Wildman–Crippen LogP) is 4.39. The summed E-state index contributed by atoms with van der Waals surface area (Å²) < 4.78 is 14.5. The van der Waals surface area contributed by atoms with Crippen LogP contribution in [0.2, 0.25) is 5.02 Å². The fourth-order valence-corrected chi connectivity index (χ4v) is 5.37. The highest BCUT2D eigenvalue weighted by Crippen LogP contribution is 2.43. The first-order valence-electron chi connectivity index (χ1n) is 12.2. The number of amides is 1. The molecule has 1 N–H and O–H groups in total. The summed E-state index contributed by atoms with van der Waals surface area (Å²) in [7, 11) is 0. The van der Waals surface area contributed by atoms with Gasteiger partial charge in [0.15, 0.2) is 0 Å². The van der Waals surface area contributed by atoms with Crippen LogP contribution in [-0.2, 0) is 11.3 Å². The summed E-state index contributed by atoms with van der Waals surface area (Å²) >= 11 is 6.20. The van der Waals surface area contributed by atoms with Gasteiger partial charge < -0.3 is 5.32 Å². The number of carbonyl (C=O) groups excluding carboxylic acids is 1. The summed E-state index contributed by atoms with van der Waals surface area (Å²) in [4.78, 5) is 33.2. The molecular formula is C27H30ClFN4O2. The van der Waals surface area contributed by atoms with Gasteiger partial charge in [0.2, 0.25) is 5.91 Å². The van der Waals surface area contributed by atoms with Crippen molar-refractivity contribution in [1.82, 2.24) is 19.8 Å². The van der Waals surface area contributed by atoms with Crippen LogP contribution >= 0.6 is 11.6 Å². The maximum absolute atomic E-state index is 13.7. The molecule has 3 aromatic rings. The summed E-state index contributed by atoms with van der Waals surface area (Å²) in [5.74, 6) is 1.13. The molecule has 2 heterocycles. The van der Waals surface area contributed by atoms with E-state index in [4.69, 9.17) is 16.6 Å². The van der Waals surface area contributed by atoms with Gasteiger partial charge in [-0.1, -0.05) is 29.8 Å². The Kier molecular flexibility index (Phi) is 6.64. The molecule has 1 aliphatic heterocycles. The van der Waals surface area contributed by atoms with E-state index in [9.17, 15) is 14.0 Å². The number of fused-ring (bicyclic) bond motifs is 1. The largest absolute Gasteiger partial charge is 0.352 e. The molecule has 1 amide bonds. The third-order valence-electron chi connectivity index (χ3n) is 6.95. The van der Waals surface area contributed by atoms with Crippen molar-refractivity contribution < 1.29 is 9.18 Å². The fourth-order valence-electron chi connectivity index (χ4n) is 5.18. The number of nitrogens with one attached hydrogen (secondary N) is 1. The van der Waals surface area contributed by atoms with Crippen molar-refractivity contribution >= 4 is 28.4 Å². The van der Waals surface area contributed by atoms with Crippen molar-refractivity contribution in [2.45, 2.75) is 51.4 Å². The molecule has 0 atom stereocenters. The minimum Gasteiger partial charge on any atom is -0.352 e. The lowest BCUT2D eigenvalue weighted by Gasteiger charge is -2.43. The van der Waals surface area contributed by atoms with E-state index in [0.29, 0.717) is 52.2 Å². The second kappa shape index (κ2) is 9.70.